The van der Waals surface area contributed by atoms with Gasteiger partial charge in [0, 0.05) is 51.6 Å². The highest BCUT2D eigenvalue weighted by Gasteiger charge is 2.29. The quantitative estimate of drug-likeness (QED) is 0.204. The monoisotopic (exact) mass is 513 g/mol. The summed E-state index contributed by atoms with van der Waals surface area (Å²) < 4.78 is 0. The Morgan fingerprint density at radius 3 is 2.34 bits per heavy atom. The normalized spacial score (nSPS) is 15.3. The molecule has 0 aromatic heterocycles. The lowest BCUT2D eigenvalue weighted by molar-refractivity contribution is -0.131. The van der Waals surface area contributed by atoms with Crippen molar-refractivity contribution in [2.75, 3.05) is 26.2 Å². The predicted molar refractivity (Wildman–Crippen MR) is 125 cm³/mol. The first-order valence-electron chi connectivity index (χ1n) is 10.3. The van der Waals surface area contributed by atoms with Gasteiger partial charge in [-0.1, -0.05) is 24.3 Å². The van der Waals surface area contributed by atoms with Gasteiger partial charge in [0.25, 0.3) is 0 Å². The topological polar surface area (TPSA) is 85.8 Å². The van der Waals surface area contributed by atoms with Gasteiger partial charge in [-0.3, -0.25) is 14.6 Å². The summed E-state index contributed by atoms with van der Waals surface area (Å²) in [6.45, 7) is 6.04. The minimum atomic E-state index is 0. The standard InChI is InChI=1S/C21H31N5O2.HI/c1-2-22-21(25-13-12-23-20(28)16-9-10-16)24-11-5-8-19(27)26-14-17-6-3-4-7-18(17)15-26;/h3-4,6-7,16H,2,5,8-15H2,1H3,(H,23,28)(H2,22,24,25);1H. The lowest BCUT2D eigenvalue weighted by atomic mass is 10.1. The average molecular weight is 513 g/mol. The zero-order valence-corrected chi connectivity index (χ0v) is 19.4. The van der Waals surface area contributed by atoms with Crippen LogP contribution in [0.15, 0.2) is 29.3 Å². The van der Waals surface area contributed by atoms with Crippen LogP contribution in [-0.4, -0.2) is 48.9 Å². The van der Waals surface area contributed by atoms with Gasteiger partial charge < -0.3 is 20.9 Å². The first kappa shape index (κ1) is 23.4. The molecule has 1 aliphatic carbocycles. The summed E-state index contributed by atoms with van der Waals surface area (Å²) in [5.74, 6) is 1.31. The van der Waals surface area contributed by atoms with Crippen molar-refractivity contribution in [2.45, 2.75) is 45.7 Å². The molecule has 1 aromatic carbocycles. The highest BCUT2D eigenvalue weighted by atomic mass is 127. The Hall–Kier alpha value is -1.84. The summed E-state index contributed by atoms with van der Waals surface area (Å²) in [5, 5.41) is 9.34. The molecule has 2 amide bonds. The van der Waals surface area contributed by atoms with E-state index in [2.05, 4.69) is 33.1 Å². The van der Waals surface area contributed by atoms with E-state index in [-0.39, 0.29) is 41.7 Å². The molecule has 1 aliphatic heterocycles. The maximum atomic E-state index is 12.4. The van der Waals surface area contributed by atoms with Crippen LogP contribution in [0.3, 0.4) is 0 Å². The van der Waals surface area contributed by atoms with Gasteiger partial charge in [-0.25, -0.2) is 0 Å². The van der Waals surface area contributed by atoms with E-state index in [0.29, 0.717) is 26.1 Å². The first-order valence-corrected chi connectivity index (χ1v) is 10.3. The lowest BCUT2D eigenvalue weighted by Crippen LogP contribution is -2.41. The van der Waals surface area contributed by atoms with Gasteiger partial charge in [0.05, 0.1) is 0 Å². The predicted octanol–water partition coefficient (Wildman–Crippen LogP) is 2.01. The van der Waals surface area contributed by atoms with Crippen molar-refractivity contribution >= 4 is 41.8 Å². The van der Waals surface area contributed by atoms with E-state index in [1.54, 1.807) is 0 Å². The Balaban J connectivity index is 0.00000300. The Labute approximate surface area is 190 Å². The molecule has 0 radical (unpaired) electrons. The van der Waals surface area contributed by atoms with Gasteiger partial charge in [0.15, 0.2) is 5.96 Å². The number of nitrogens with one attached hydrogen (secondary N) is 3. The molecule has 8 heteroatoms. The van der Waals surface area contributed by atoms with Crippen LogP contribution in [0.5, 0.6) is 0 Å². The minimum absolute atomic E-state index is 0. The number of hydrogen-bond donors (Lipinski definition) is 3. The highest BCUT2D eigenvalue weighted by Crippen LogP contribution is 2.28. The molecule has 0 unspecified atom stereocenters. The zero-order chi connectivity index (χ0) is 19.8. The molecular weight excluding hydrogens is 481 g/mol. The smallest absolute Gasteiger partial charge is 0.223 e. The summed E-state index contributed by atoms with van der Waals surface area (Å²) in [5.41, 5.74) is 2.50. The number of amides is 2. The van der Waals surface area contributed by atoms with Gasteiger partial charge in [-0.15, -0.1) is 24.0 Å². The van der Waals surface area contributed by atoms with Crippen LogP contribution in [0.1, 0.15) is 43.7 Å². The molecule has 160 valence electrons. The van der Waals surface area contributed by atoms with Crippen LogP contribution in [-0.2, 0) is 22.7 Å². The molecular formula is C21H32IN5O2. The molecule has 1 fully saturated rings. The number of fused-ring (bicyclic) bond motifs is 1. The molecule has 1 heterocycles. The van der Waals surface area contributed by atoms with Crippen LogP contribution >= 0.6 is 24.0 Å². The number of halogens is 1. The molecule has 3 rings (SSSR count). The van der Waals surface area contributed by atoms with Crippen molar-refractivity contribution in [3.63, 3.8) is 0 Å². The van der Waals surface area contributed by atoms with E-state index in [4.69, 9.17) is 0 Å². The number of aliphatic imine (C=N–C) groups is 1. The van der Waals surface area contributed by atoms with Crippen LogP contribution < -0.4 is 16.0 Å². The number of carbonyl (C=O) groups is 2. The van der Waals surface area contributed by atoms with E-state index in [9.17, 15) is 9.59 Å². The van der Waals surface area contributed by atoms with Gasteiger partial charge in [-0.05, 0) is 37.3 Å². The Kier molecular flexibility index (Phi) is 9.69. The number of nitrogens with zero attached hydrogens (tertiary/aromatic N) is 2. The van der Waals surface area contributed by atoms with Gasteiger partial charge in [-0.2, -0.15) is 0 Å². The number of benzene rings is 1. The van der Waals surface area contributed by atoms with E-state index < -0.39 is 0 Å². The minimum Gasteiger partial charge on any atom is -0.357 e. The first-order chi connectivity index (χ1) is 13.7. The Bertz CT molecular complexity index is 696. The van der Waals surface area contributed by atoms with Crippen LogP contribution in [0.2, 0.25) is 0 Å². The van der Waals surface area contributed by atoms with Crippen molar-refractivity contribution in [1.82, 2.24) is 20.9 Å². The summed E-state index contributed by atoms with van der Waals surface area (Å²) in [6.07, 6.45) is 3.27. The maximum Gasteiger partial charge on any atom is 0.223 e. The number of guanidine groups is 1. The SMILES string of the molecule is CCNC(=NCCCC(=O)N1Cc2ccccc2C1)NCCNC(=O)C1CC1.I. The molecule has 29 heavy (non-hydrogen) atoms. The summed E-state index contributed by atoms with van der Waals surface area (Å²) in [7, 11) is 0. The summed E-state index contributed by atoms with van der Waals surface area (Å²) in [4.78, 5) is 30.5. The van der Waals surface area contributed by atoms with Gasteiger partial charge in [0.2, 0.25) is 11.8 Å². The molecule has 3 N–H and O–H groups in total. The second-order valence-electron chi connectivity index (χ2n) is 7.37. The molecule has 0 spiro atoms. The van der Waals surface area contributed by atoms with E-state index in [0.717, 1.165) is 44.9 Å². The second kappa shape index (κ2) is 12.0. The molecule has 0 bridgehead atoms. The molecule has 1 saturated carbocycles. The summed E-state index contributed by atoms with van der Waals surface area (Å²) >= 11 is 0. The van der Waals surface area contributed by atoms with E-state index in [1.165, 1.54) is 11.1 Å². The lowest BCUT2D eigenvalue weighted by Gasteiger charge is -2.15. The van der Waals surface area contributed by atoms with Crippen LogP contribution in [0.4, 0.5) is 0 Å². The largest absolute Gasteiger partial charge is 0.357 e. The number of hydrogen-bond acceptors (Lipinski definition) is 3. The molecule has 0 atom stereocenters. The summed E-state index contributed by atoms with van der Waals surface area (Å²) in [6, 6.07) is 8.23. The Morgan fingerprint density at radius 1 is 1.07 bits per heavy atom. The van der Waals surface area contributed by atoms with Gasteiger partial charge >= 0.3 is 0 Å². The third-order valence-electron chi connectivity index (χ3n) is 5.02. The molecule has 1 aromatic rings. The van der Waals surface area contributed by atoms with E-state index in [1.807, 2.05) is 24.0 Å². The highest BCUT2D eigenvalue weighted by molar-refractivity contribution is 14.0. The van der Waals surface area contributed by atoms with Crippen molar-refractivity contribution in [3.8, 4) is 0 Å². The molecule has 2 aliphatic rings. The van der Waals surface area contributed by atoms with Crippen molar-refractivity contribution in [3.05, 3.63) is 35.4 Å². The second-order valence-corrected chi connectivity index (χ2v) is 7.37. The number of rotatable bonds is 9. The third-order valence-corrected chi connectivity index (χ3v) is 5.02. The fraction of sp³-hybridized carbons (Fsp3) is 0.571. The van der Waals surface area contributed by atoms with Gasteiger partial charge in [0.1, 0.15) is 0 Å². The third kappa shape index (κ3) is 7.49. The Morgan fingerprint density at radius 2 is 1.72 bits per heavy atom. The number of carbonyl (C=O) groups excluding carboxylic acids is 2. The zero-order valence-electron chi connectivity index (χ0n) is 17.1. The fourth-order valence-corrected chi connectivity index (χ4v) is 3.29. The molecule has 0 saturated heterocycles. The van der Waals surface area contributed by atoms with Crippen LogP contribution in [0, 0.1) is 5.92 Å². The van der Waals surface area contributed by atoms with Crippen molar-refractivity contribution < 1.29 is 9.59 Å². The average Bonchev–Trinajstić information content (AvgIpc) is 3.46. The van der Waals surface area contributed by atoms with Crippen molar-refractivity contribution in [2.24, 2.45) is 10.9 Å². The van der Waals surface area contributed by atoms with E-state index >= 15 is 0 Å². The van der Waals surface area contributed by atoms with Crippen molar-refractivity contribution in [1.29, 1.82) is 0 Å². The fourth-order valence-electron chi connectivity index (χ4n) is 3.29. The molecule has 7 nitrogen and oxygen atoms in total. The van der Waals surface area contributed by atoms with Crippen LogP contribution in [0.25, 0.3) is 0 Å². The maximum absolute atomic E-state index is 12.4.